The Kier molecular flexibility index (Phi) is 2.44. The van der Waals surface area contributed by atoms with Crippen LogP contribution in [0.25, 0.3) is 0 Å². The van der Waals surface area contributed by atoms with E-state index in [0.717, 1.165) is 0 Å². The average Bonchev–Trinajstić information content (AvgIpc) is 2.33. The zero-order valence-corrected chi connectivity index (χ0v) is 6.93. The van der Waals surface area contributed by atoms with Gasteiger partial charge in [-0.2, -0.15) is 0 Å². The second-order valence-electron chi connectivity index (χ2n) is 2.19. The monoisotopic (exact) mass is 185 g/mol. The summed E-state index contributed by atoms with van der Waals surface area (Å²) in [6.07, 6.45) is -0.143. The van der Waals surface area contributed by atoms with Gasteiger partial charge in [-0.3, -0.25) is 9.59 Å². The lowest BCUT2D eigenvalue weighted by molar-refractivity contribution is -0.136. The van der Waals surface area contributed by atoms with Crippen molar-refractivity contribution >= 4 is 23.2 Å². The molecule has 0 atom stereocenters. The topological polar surface area (TPSA) is 80.4 Å². The van der Waals surface area contributed by atoms with Crippen LogP contribution in [0.15, 0.2) is 11.4 Å². The van der Waals surface area contributed by atoms with Gasteiger partial charge in [-0.1, -0.05) is 0 Å². The van der Waals surface area contributed by atoms with Crippen LogP contribution in [0.3, 0.4) is 0 Å². The van der Waals surface area contributed by atoms with Crippen LogP contribution in [0.1, 0.15) is 15.2 Å². The van der Waals surface area contributed by atoms with E-state index in [1.165, 1.54) is 17.4 Å². The predicted octanol–water partition coefficient (Wildman–Crippen LogP) is 0.474. The molecule has 1 aromatic rings. The number of aliphatic carboxylic acids is 1. The molecular weight excluding hydrogens is 178 g/mol. The summed E-state index contributed by atoms with van der Waals surface area (Å²) in [6, 6.07) is 1.53. The van der Waals surface area contributed by atoms with Crippen molar-refractivity contribution in [3.63, 3.8) is 0 Å². The molecule has 1 rings (SSSR count). The van der Waals surface area contributed by atoms with Crippen LogP contribution in [-0.4, -0.2) is 17.0 Å². The third kappa shape index (κ3) is 1.82. The molecule has 1 heterocycles. The largest absolute Gasteiger partial charge is 0.481 e. The molecule has 0 radical (unpaired) electrons. The van der Waals surface area contributed by atoms with E-state index < -0.39 is 11.9 Å². The Morgan fingerprint density at radius 2 is 2.25 bits per heavy atom. The number of primary amides is 1. The van der Waals surface area contributed by atoms with Gasteiger partial charge in [-0.25, -0.2) is 0 Å². The number of hydrogen-bond donors (Lipinski definition) is 2. The SMILES string of the molecule is NC(=O)c1ccsc1CC(=O)O. The molecule has 64 valence electrons. The van der Waals surface area contributed by atoms with Gasteiger partial charge in [0.1, 0.15) is 0 Å². The van der Waals surface area contributed by atoms with Crippen molar-refractivity contribution in [1.29, 1.82) is 0 Å². The van der Waals surface area contributed by atoms with Crippen LogP contribution in [0.4, 0.5) is 0 Å². The summed E-state index contributed by atoms with van der Waals surface area (Å²) in [5.74, 6) is -1.53. The number of carbonyl (C=O) groups is 2. The molecule has 3 N–H and O–H groups in total. The fourth-order valence-corrected chi connectivity index (χ4v) is 1.71. The van der Waals surface area contributed by atoms with Gasteiger partial charge in [-0.15, -0.1) is 11.3 Å². The fraction of sp³-hybridized carbons (Fsp3) is 0.143. The highest BCUT2D eigenvalue weighted by Gasteiger charge is 2.11. The van der Waals surface area contributed by atoms with E-state index in [1.54, 1.807) is 5.38 Å². The zero-order chi connectivity index (χ0) is 9.14. The van der Waals surface area contributed by atoms with Crippen LogP contribution in [0, 0.1) is 0 Å². The normalized spacial score (nSPS) is 9.67. The first-order chi connectivity index (χ1) is 5.61. The van der Waals surface area contributed by atoms with Gasteiger partial charge in [0.15, 0.2) is 0 Å². The van der Waals surface area contributed by atoms with Gasteiger partial charge in [0.05, 0.1) is 12.0 Å². The molecule has 0 aliphatic rings. The average molecular weight is 185 g/mol. The lowest BCUT2D eigenvalue weighted by Gasteiger charge is -1.94. The quantitative estimate of drug-likeness (QED) is 0.718. The van der Waals surface area contributed by atoms with Gasteiger partial charge in [0, 0.05) is 4.88 Å². The zero-order valence-electron chi connectivity index (χ0n) is 6.11. The number of rotatable bonds is 3. The molecule has 1 amide bonds. The Morgan fingerprint density at radius 3 is 2.75 bits per heavy atom. The van der Waals surface area contributed by atoms with Gasteiger partial charge < -0.3 is 10.8 Å². The molecule has 0 aliphatic carbocycles. The van der Waals surface area contributed by atoms with Crippen LogP contribution in [0.2, 0.25) is 0 Å². The summed E-state index contributed by atoms with van der Waals surface area (Å²) in [4.78, 5) is 21.5. The highest BCUT2D eigenvalue weighted by Crippen LogP contribution is 2.16. The maximum absolute atomic E-state index is 10.7. The standard InChI is InChI=1S/C7H7NO3S/c8-7(11)4-1-2-12-5(4)3-6(9)10/h1-2H,3H2,(H2,8,11)(H,9,10). The minimum Gasteiger partial charge on any atom is -0.481 e. The molecule has 0 saturated carbocycles. The highest BCUT2D eigenvalue weighted by atomic mass is 32.1. The molecule has 0 fully saturated rings. The van der Waals surface area contributed by atoms with Crippen LogP contribution >= 0.6 is 11.3 Å². The number of amides is 1. The molecule has 0 bridgehead atoms. The Balaban J connectivity index is 2.91. The van der Waals surface area contributed by atoms with Gasteiger partial charge in [-0.05, 0) is 11.4 Å². The van der Waals surface area contributed by atoms with Crippen molar-refractivity contribution in [2.75, 3.05) is 0 Å². The molecule has 0 aliphatic heterocycles. The number of carboxylic acids is 1. The van der Waals surface area contributed by atoms with Crippen molar-refractivity contribution in [2.24, 2.45) is 5.73 Å². The first-order valence-corrected chi connectivity index (χ1v) is 4.07. The van der Waals surface area contributed by atoms with Crippen molar-refractivity contribution < 1.29 is 14.7 Å². The van der Waals surface area contributed by atoms with E-state index in [9.17, 15) is 9.59 Å². The molecular formula is C7H7NO3S. The number of thiophene rings is 1. The number of hydrogen-bond acceptors (Lipinski definition) is 3. The highest BCUT2D eigenvalue weighted by molar-refractivity contribution is 7.10. The Bertz CT molecular complexity index is 318. The maximum Gasteiger partial charge on any atom is 0.308 e. The number of carbonyl (C=O) groups excluding carboxylic acids is 1. The van der Waals surface area contributed by atoms with Crippen molar-refractivity contribution in [2.45, 2.75) is 6.42 Å². The summed E-state index contributed by atoms with van der Waals surface area (Å²) in [5.41, 5.74) is 5.32. The molecule has 0 unspecified atom stereocenters. The predicted molar refractivity (Wildman–Crippen MR) is 44.2 cm³/mol. The minimum atomic E-state index is -0.958. The van der Waals surface area contributed by atoms with Gasteiger partial charge >= 0.3 is 5.97 Å². The lowest BCUT2D eigenvalue weighted by Crippen LogP contribution is -2.13. The number of carboxylic acid groups (broad SMARTS) is 1. The summed E-state index contributed by atoms with van der Waals surface area (Å²) >= 11 is 1.22. The summed E-state index contributed by atoms with van der Waals surface area (Å²) in [6.45, 7) is 0. The molecule has 0 spiro atoms. The summed E-state index contributed by atoms with van der Waals surface area (Å²) in [7, 11) is 0. The fourth-order valence-electron chi connectivity index (χ4n) is 0.834. The number of nitrogens with two attached hydrogens (primary N) is 1. The summed E-state index contributed by atoms with van der Waals surface area (Å²) in [5, 5.41) is 10.1. The third-order valence-electron chi connectivity index (χ3n) is 1.32. The minimum absolute atomic E-state index is 0.143. The van der Waals surface area contributed by atoms with Crippen LogP contribution in [-0.2, 0) is 11.2 Å². The first kappa shape index (κ1) is 8.73. The van der Waals surface area contributed by atoms with Crippen LogP contribution < -0.4 is 5.73 Å². The molecule has 1 aromatic heterocycles. The van der Waals surface area contributed by atoms with Gasteiger partial charge in [0.2, 0.25) is 5.91 Å². The van der Waals surface area contributed by atoms with Crippen molar-refractivity contribution in [3.05, 3.63) is 21.9 Å². The smallest absolute Gasteiger partial charge is 0.308 e. The molecule has 12 heavy (non-hydrogen) atoms. The Morgan fingerprint density at radius 1 is 1.58 bits per heavy atom. The maximum atomic E-state index is 10.7. The van der Waals surface area contributed by atoms with Gasteiger partial charge in [0.25, 0.3) is 0 Å². The van der Waals surface area contributed by atoms with E-state index in [2.05, 4.69) is 0 Å². The van der Waals surface area contributed by atoms with Crippen LogP contribution in [0.5, 0.6) is 0 Å². The van der Waals surface area contributed by atoms with E-state index >= 15 is 0 Å². The lowest BCUT2D eigenvalue weighted by atomic mass is 10.2. The second kappa shape index (κ2) is 3.36. The van der Waals surface area contributed by atoms with Crippen molar-refractivity contribution in [3.8, 4) is 0 Å². The van der Waals surface area contributed by atoms with E-state index in [4.69, 9.17) is 10.8 Å². The van der Waals surface area contributed by atoms with Crippen molar-refractivity contribution in [1.82, 2.24) is 0 Å². The van der Waals surface area contributed by atoms with E-state index in [-0.39, 0.29) is 6.42 Å². The molecule has 5 heteroatoms. The Labute approximate surface area is 72.6 Å². The van der Waals surface area contributed by atoms with E-state index in [0.29, 0.717) is 10.4 Å². The summed E-state index contributed by atoms with van der Waals surface area (Å²) < 4.78 is 0. The molecule has 0 aromatic carbocycles. The Hall–Kier alpha value is -1.36. The molecule has 0 saturated heterocycles. The van der Waals surface area contributed by atoms with E-state index in [1.807, 2.05) is 0 Å². The second-order valence-corrected chi connectivity index (χ2v) is 3.19. The molecule has 4 nitrogen and oxygen atoms in total. The first-order valence-electron chi connectivity index (χ1n) is 3.19. The third-order valence-corrected chi connectivity index (χ3v) is 2.24.